The predicted molar refractivity (Wildman–Crippen MR) is 102 cm³/mol. The van der Waals surface area contributed by atoms with Crippen LogP contribution in [0.4, 0.5) is 16.2 Å². The van der Waals surface area contributed by atoms with E-state index in [0.29, 0.717) is 12.2 Å². The number of quaternary nitrogens is 1. The third kappa shape index (κ3) is 3.75. The molecule has 0 heterocycles. The van der Waals surface area contributed by atoms with Gasteiger partial charge in [-0.3, -0.25) is 0 Å². The summed E-state index contributed by atoms with van der Waals surface area (Å²) in [5, 5.41) is 12.2. The molecule has 0 radical (unpaired) electrons. The lowest BCUT2D eigenvalue weighted by atomic mass is 9.84. The third-order valence-corrected chi connectivity index (χ3v) is 4.76. The van der Waals surface area contributed by atoms with Crippen LogP contribution < -0.4 is 9.59 Å². The zero-order valence-corrected chi connectivity index (χ0v) is 15.8. The highest BCUT2D eigenvalue weighted by Crippen LogP contribution is 2.37. The van der Waals surface area contributed by atoms with Gasteiger partial charge in [0.15, 0.2) is 0 Å². The van der Waals surface area contributed by atoms with Gasteiger partial charge in [-0.1, -0.05) is 44.2 Å². The molecule has 0 aliphatic rings. The Kier molecular flexibility index (Phi) is 5.65. The molecule has 0 aliphatic heterocycles. The average molecular weight is 340 g/mol. The molecule has 4 nitrogen and oxygen atoms in total. The Morgan fingerprint density at radius 1 is 1.04 bits per heavy atom. The highest BCUT2D eigenvalue weighted by Gasteiger charge is 2.35. The molecule has 1 atom stereocenters. The highest BCUT2D eigenvalue weighted by molar-refractivity contribution is 5.87. The maximum absolute atomic E-state index is 12.2. The molecular formula is C21H28N2O2. The summed E-state index contributed by atoms with van der Waals surface area (Å²) in [5.41, 5.74) is 2.45. The number of benzene rings is 2. The quantitative estimate of drug-likeness (QED) is 0.756. The van der Waals surface area contributed by atoms with Gasteiger partial charge < -0.3 is 14.8 Å². The van der Waals surface area contributed by atoms with Crippen molar-refractivity contribution in [3.05, 3.63) is 60.2 Å². The summed E-state index contributed by atoms with van der Waals surface area (Å²) in [6.45, 7) is 7.48. The SMILES string of the molecule is CC[N+](C(=O)[O-])(c1ccccc1)c1cccc(C(C)(C)CN(C)C)c1. The minimum Gasteiger partial charge on any atom is -0.498 e. The molecule has 2 aromatic rings. The summed E-state index contributed by atoms with van der Waals surface area (Å²) in [6, 6.07) is 17.2. The first-order valence-corrected chi connectivity index (χ1v) is 8.65. The molecule has 4 heteroatoms. The summed E-state index contributed by atoms with van der Waals surface area (Å²) in [5.74, 6) is 0. The maximum atomic E-state index is 12.2. The Morgan fingerprint density at radius 2 is 1.64 bits per heavy atom. The standard InChI is InChI=1S/C21H28N2O2/c1-6-23(20(24)25,18-12-8-7-9-13-18)19-14-10-11-17(15-19)21(2,3)16-22(4)5/h7-15H,6,16H2,1-5H3. The van der Waals surface area contributed by atoms with Gasteiger partial charge in [-0.25, -0.2) is 4.48 Å². The molecule has 0 spiro atoms. The first kappa shape index (κ1) is 19.2. The summed E-state index contributed by atoms with van der Waals surface area (Å²) in [6.07, 6.45) is -1.11. The molecule has 1 unspecified atom stereocenters. The topological polar surface area (TPSA) is 43.4 Å². The second-order valence-electron chi connectivity index (χ2n) is 7.40. The molecule has 0 N–H and O–H groups in total. The Morgan fingerprint density at radius 3 is 2.16 bits per heavy atom. The van der Waals surface area contributed by atoms with Gasteiger partial charge >= 0.3 is 0 Å². The second kappa shape index (κ2) is 7.38. The van der Waals surface area contributed by atoms with Gasteiger partial charge in [0.05, 0.1) is 6.54 Å². The van der Waals surface area contributed by atoms with Crippen molar-refractivity contribution in [3.63, 3.8) is 0 Å². The first-order valence-electron chi connectivity index (χ1n) is 8.65. The van der Waals surface area contributed by atoms with Crippen molar-refractivity contribution in [1.29, 1.82) is 0 Å². The van der Waals surface area contributed by atoms with E-state index in [1.807, 2.05) is 69.6 Å². The van der Waals surface area contributed by atoms with Gasteiger partial charge in [-0.2, -0.15) is 0 Å². The van der Waals surface area contributed by atoms with Crippen molar-refractivity contribution in [3.8, 4) is 0 Å². The van der Waals surface area contributed by atoms with E-state index in [9.17, 15) is 9.90 Å². The monoisotopic (exact) mass is 340 g/mol. The fourth-order valence-corrected chi connectivity index (χ4v) is 3.58. The van der Waals surface area contributed by atoms with Gasteiger partial charge in [0.1, 0.15) is 11.4 Å². The molecule has 2 rings (SSSR count). The number of hydrogen-bond acceptors (Lipinski definition) is 3. The molecule has 134 valence electrons. The van der Waals surface area contributed by atoms with Crippen molar-refractivity contribution < 1.29 is 9.90 Å². The fourth-order valence-electron chi connectivity index (χ4n) is 3.58. The molecule has 1 amide bonds. The number of rotatable bonds is 6. The Hall–Kier alpha value is -2.17. The van der Waals surface area contributed by atoms with Crippen LogP contribution in [0, 0.1) is 0 Å². The third-order valence-electron chi connectivity index (χ3n) is 4.76. The van der Waals surface area contributed by atoms with Gasteiger partial charge in [-0.05, 0) is 26.6 Å². The van der Waals surface area contributed by atoms with Crippen molar-refractivity contribution in [1.82, 2.24) is 9.38 Å². The molecule has 0 aromatic heterocycles. The van der Waals surface area contributed by atoms with E-state index in [-0.39, 0.29) is 9.90 Å². The number of amides is 1. The van der Waals surface area contributed by atoms with Gasteiger partial charge in [0.2, 0.25) is 0 Å². The number of carboxylic acid groups (broad SMARTS) is 1. The molecular weight excluding hydrogens is 312 g/mol. The van der Waals surface area contributed by atoms with Crippen LogP contribution in [0.25, 0.3) is 0 Å². The number of carbonyl (C=O) groups is 1. The molecule has 0 bridgehead atoms. The lowest BCUT2D eigenvalue weighted by Gasteiger charge is -2.37. The minimum absolute atomic E-state index is 0.0917. The van der Waals surface area contributed by atoms with Crippen LogP contribution >= 0.6 is 0 Å². The van der Waals surface area contributed by atoms with E-state index >= 15 is 0 Å². The zero-order valence-electron chi connectivity index (χ0n) is 15.8. The second-order valence-corrected chi connectivity index (χ2v) is 7.40. The summed E-state index contributed by atoms with van der Waals surface area (Å²) in [4.78, 5) is 14.4. The molecule has 0 saturated carbocycles. The lowest BCUT2D eigenvalue weighted by molar-refractivity contribution is -0.260. The number of nitrogens with zero attached hydrogens (tertiary/aromatic N) is 2. The average Bonchev–Trinajstić information content (AvgIpc) is 2.56. The number of carbonyl (C=O) groups excluding carboxylic acids is 1. The van der Waals surface area contributed by atoms with E-state index in [0.717, 1.165) is 17.8 Å². The van der Waals surface area contributed by atoms with Crippen molar-refractivity contribution in [2.45, 2.75) is 26.2 Å². The van der Waals surface area contributed by atoms with E-state index in [2.05, 4.69) is 24.8 Å². The summed E-state index contributed by atoms with van der Waals surface area (Å²) in [7, 11) is 4.09. The van der Waals surface area contributed by atoms with Crippen LogP contribution in [0.1, 0.15) is 26.3 Å². The minimum atomic E-state index is -1.11. The van der Waals surface area contributed by atoms with E-state index in [1.165, 1.54) is 0 Å². The smallest absolute Gasteiger partial charge is 0.268 e. The zero-order chi connectivity index (χ0) is 18.7. The number of hydrogen-bond donors (Lipinski definition) is 0. The largest absolute Gasteiger partial charge is 0.498 e. The molecule has 0 fully saturated rings. The van der Waals surface area contributed by atoms with Crippen molar-refractivity contribution in [2.24, 2.45) is 0 Å². The normalized spacial score (nSPS) is 14.3. The van der Waals surface area contributed by atoms with Crippen LogP contribution in [-0.4, -0.2) is 38.2 Å². The van der Waals surface area contributed by atoms with Crippen LogP contribution in [-0.2, 0) is 5.41 Å². The van der Waals surface area contributed by atoms with Crippen molar-refractivity contribution in [2.75, 3.05) is 27.2 Å². The van der Waals surface area contributed by atoms with Crippen LogP contribution in [0.2, 0.25) is 0 Å². The van der Waals surface area contributed by atoms with Gasteiger partial charge in [0, 0.05) is 36.2 Å². The Balaban J connectivity index is 2.61. The fraction of sp³-hybridized carbons (Fsp3) is 0.381. The van der Waals surface area contributed by atoms with Crippen LogP contribution in [0.15, 0.2) is 54.6 Å². The van der Waals surface area contributed by atoms with Gasteiger partial charge in [0.25, 0.3) is 6.09 Å². The Labute approximate surface area is 150 Å². The number of likely N-dealkylation sites (N-methyl/N-ethyl adjacent to an activating group) is 1. The van der Waals surface area contributed by atoms with Gasteiger partial charge in [-0.15, -0.1) is 0 Å². The highest BCUT2D eigenvalue weighted by atomic mass is 16.4. The van der Waals surface area contributed by atoms with E-state index in [1.54, 1.807) is 0 Å². The molecule has 2 aromatic carbocycles. The maximum Gasteiger partial charge on any atom is 0.268 e. The van der Waals surface area contributed by atoms with Crippen LogP contribution in [0.3, 0.4) is 0 Å². The predicted octanol–water partition coefficient (Wildman–Crippen LogP) is 3.53. The van der Waals surface area contributed by atoms with E-state index < -0.39 is 6.09 Å². The molecule has 0 saturated heterocycles. The molecule has 25 heavy (non-hydrogen) atoms. The Bertz CT molecular complexity index is 726. The summed E-state index contributed by atoms with van der Waals surface area (Å²) >= 11 is 0. The molecule has 0 aliphatic carbocycles. The number of para-hydroxylation sites is 1. The lowest BCUT2D eigenvalue weighted by Crippen LogP contribution is -2.56. The van der Waals surface area contributed by atoms with Crippen LogP contribution in [0.5, 0.6) is 0 Å². The first-order chi connectivity index (χ1) is 11.7. The van der Waals surface area contributed by atoms with Crippen molar-refractivity contribution >= 4 is 17.5 Å². The summed E-state index contributed by atoms with van der Waals surface area (Å²) < 4.78 is -0.313. The van der Waals surface area contributed by atoms with E-state index in [4.69, 9.17) is 0 Å².